The van der Waals surface area contributed by atoms with Gasteiger partial charge in [0.1, 0.15) is 0 Å². The number of piperidine rings is 2. The van der Waals surface area contributed by atoms with Crippen LogP contribution in [0.2, 0.25) is 0 Å². The topological polar surface area (TPSA) is 41.6 Å². The Morgan fingerprint density at radius 1 is 1.40 bits per heavy atom. The van der Waals surface area contributed by atoms with Gasteiger partial charge in [0.05, 0.1) is 12.0 Å². The molecule has 3 fully saturated rings. The molecule has 3 aliphatic rings. The highest BCUT2D eigenvalue weighted by molar-refractivity contribution is 5.80. The van der Waals surface area contributed by atoms with Gasteiger partial charge >= 0.3 is 0 Å². The fraction of sp³-hybridized carbons (Fsp3) is 0.938. The van der Waals surface area contributed by atoms with E-state index in [9.17, 15) is 4.79 Å². The Balaban J connectivity index is 1.65. The van der Waals surface area contributed by atoms with Crippen molar-refractivity contribution in [3.05, 3.63) is 0 Å². The van der Waals surface area contributed by atoms with Crippen molar-refractivity contribution >= 4 is 5.91 Å². The molecule has 3 aliphatic heterocycles. The van der Waals surface area contributed by atoms with Crippen LogP contribution >= 0.6 is 0 Å². The van der Waals surface area contributed by atoms with E-state index in [1.165, 1.54) is 19.3 Å². The molecule has 1 N–H and O–H groups in total. The predicted molar refractivity (Wildman–Crippen MR) is 78.5 cm³/mol. The van der Waals surface area contributed by atoms with Crippen molar-refractivity contribution in [2.24, 2.45) is 11.3 Å². The fourth-order valence-electron chi connectivity index (χ4n) is 4.34. The highest BCUT2D eigenvalue weighted by Gasteiger charge is 2.41. The standard InChI is InChI=1S/C16H28N2O2/c1-2-14-13(5-10-20-14)15(19)18-9-4-7-16(12-18)6-3-8-17-11-16/h13-14,17H,2-12H2,1H3. The average molecular weight is 280 g/mol. The molecule has 4 nitrogen and oxygen atoms in total. The number of amides is 1. The van der Waals surface area contributed by atoms with Crippen molar-refractivity contribution < 1.29 is 9.53 Å². The highest BCUT2D eigenvalue weighted by Crippen LogP contribution is 2.37. The molecule has 0 saturated carbocycles. The maximum absolute atomic E-state index is 12.8. The van der Waals surface area contributed by atoms with Gasteiger partial charge in [0.2, 0.25) is 5.91 Å². The first-order valence-electron chi connectivity index (χ1n) is 8.35. The van der Waals surface area contributed by atoms with Crippen molar-refractivity contribution in [1.82, 2.24) is 10.2 Å². The Morgan fingerprint density at radius 2 is 2.25 bits per heavy atom. The summed E-state index contributed by atoms with van der Waals surface area (Å²) in [5.74, 6) is 0.477. The Kier molecular flexibility index (Phi) is 4.32. The number of carbonyl (C=O) groups excluding carboxylic acids is 1. The van der Waals surface area contributed by atoms with Gasteiger partial charge in [-0.15, -0.1) is 0 Å². The van der Waals surface area contributed by atoms with E-state index in [0.29, 0.717) is 11.3 Å². The molecule has 1 spiro atoms. The number of hydrogen-bond acceptors (Lipinski definition) is 3. The number of hydrogen-bond donors (Lipinski definition) is 1. The number of rotatable bonds is 2. The molecule has 4 heteroatoms. The van der Waals surface area contributed by atoms with Crippen LogP contribution in [0.4, 0.5) is 0 Å². The van der Waals surface area contributed by atoms with Crippen LogP contribution in [0.5, 0.6) is 0 Å². The molecule has 0 bridgehead atoms. The second kappa shape index (κ2) is 6.02. The Bertz CT molecular complexity index is 347. The smallest absolute Gasteiger partial charge is 0.228 e. The van der Waals surface area contributed by atoms with Crippen LogP contribution < -0.4 is 5.32 Å². The summed E-state index contributed by atoms with van der Waals surface area (Å²) in [6.45, 7) is 7.03. The van der Waals surface area contributed by atoms with Crippen LogP contribution in [0.1, 0.15) is 45.4 Å². The third-order valence-electron chi connectivity index (χ3n) is 5.46. The van der Waals surface area contributed by atoms with Gasteiger partial charge < -0.3 is 15.0 Å². The molecule has 3 rings (SSSR count). The summed E-state index contributed by atoms with van der Waals surface area (Å²) < 4.78 is 5.70. The van der Waals surface area contributed by atoms with Gasteiger partial charge in [0, 0.05) is 31.7 Å². The average Bonchev–Trinajstić information content (AvgIpc) is 2.96. The summed E-state index contributed by atoms with van der Waals surface area (Å²) in [7, 11) is 0. The van der Waals surface area contributed by atoms with Crippen LogP contribution in [0.3, 0.4) is 0 Å². The number of ether oxygens (including phenoxy) is 1. The van der Waals surface area contributed by atoms with E-state index >= 15 is 0 Å². The van der Waals surface area contributed by atoms with Gasteiger partial charge in [-0.25, -0.2) is 0 Å². The molecule has 0 radical (unpaired) electrons. The molecule has 114 valence electrons. The largest absolute Gasteiger partial charge is 0.377 e. The summed E-state index contributed by atoms with van der Waals surface area (Å²) in [6, 6.07) is 0. The third kappa shape index (κ3) is 2.73. The summed E-state index contributed by atoms with van der Waals surface area (Å²) in [6.07, 6.45) is 7.01. The summed E-state index contributed by atoms with van der Waals surface area (Å²) in [4.78, 5) is 15.0. The maximum atomic E-state index is 12.8. The van der Waals surface area contributed by atoms with Crippen molar-refractivity contribution in [1.29, 1.82) is 0 Å². The van der Waals surface area contributed by atoms with Crippen LogP contribution in [0.25, 0.3) is 0 Å². The van der Waals surface area contributed by atoms with E-state index in [1.54, 1.807) is 0 Å². The molecule has 0 aromatic rings. The first kappa shape index (κ1) is 14.3. The fourth-order valence-corrected chi connectivity index (χ4v) is 4.34. The molecule has 1 amide bonds. The zero-order valence-corrected chi connectivity index (χ0v) is 12.7. The van der Waals surface area contributed by atoms with Crippen molar-refractivity contribution in [3.63, 3.8) is 0 Å². The zero-order chi connectivity index (χ0) is 14.0. The predicted octanol–water partition coefficient (Wildman–Crippen LogP) is 1.79. The molecule has 0 aromatic heterocycles. The minimum atomic E-state index is 0.117. The molecule has 3 heterocycles. The lowest BCUT2D eigenvalue weighted by Gasteiger charge is -2.46. The number of likely N-dealkylation sites (tertiary alicyclic amines) is 1. The van der Waals surface area contributed by atoms with E-state index in [1.807, 2.05) is 0 Å². The minimum Gasteiger partial charge on any atom is -0.377 e. The van der Waals surface area contributed by atoms with Gasteiger partial charge in [-0.05, 0) is 45.1 Å². The van der Waals surface area contributed by atoms with Crippen LogP contribution in [0, 0.1) is 11.3 Å². The molecular weight excluding hydrogens is 252 g/mol. The summed E-state index contributed by atoms with van der Waals surface area (Å²) in [5.41, 5.74) is 0.354. The Morgan fingerprint density at radius 3 is 3.00 bits per heavy atom. The normalized spacial score (nSPS) is 38.4. The van der Waals surface area contributed by atoms with Crippen LogP contribution in [0.15, 0.2) is 0 Å². The monoisotopic (exact) mass is 280 g/mol. The van der Waals surface area contributed by atoms with E-state index in [2.05, 4.69) is 17.1 Å². The number of nitrogens with zero attached hydrogens (tertiary/aromatic N) is 1. The van der Waals surface area contributed by atoms with Crippen molar-refractivity contribution in [2.75, 3.05) is 32.8 Å². The van der Waals surface area contributed by atoms with Crippen molar-refractivity contribution in [2.45, 2.75) is 51.6 Å². The number of carbonyl (C=O) groups is 1. The molecule has 0 aromatic carbocycles. The maximum Gasteiger partial charge on any atom is 0.228 e. The summed E-state index contributed by atoms with van der Waals surface area (Å²) >= 11 is 0. The lowest BCUT2D eigenvalue weighted by molar-refractivity contribution is -0.141. The minimum absolute atomic E-state index is 0.117. The second-order valence-electron chi connectivity index (χ2n) is 6.86. The van der Waals surface area contributed by atoms with Crippen LogP contribution in [-0.4, -0.2) is 49.7 Å². The molecule has 20 heavy (non-hydrogen) atoms. The van der Waals surface area contributed by atoms with Gasteiger partial charge in [-0.2, -0.15) is 0 Å². The third-order valence-corrected chi connectivity index (χ3v) is 5.46. The van der Waals surface area contributed by atoms with Crippen LogP contribution in [-0.2, 0) is 9.53 Å². The lowest BCUT2D eigenvalue weighted by atomic mass is 9.74. The molecule has 3 atom stereocenters. The Labute approximate surface area is 122 Å². The quantitative estimate of drug-likeness (QED) is 0.838. The first-order valence-corrected chi connectivity index (χ1v) is 8.35. The van der Waals surface area contributed by atoms with E-state index in [0.717, 1.165) is 52.0 Å². The first-order chi connectivity index (χ1) is 9.74. The molecule has 3 saturated heterocycles. The zero-order valence-electron chi connectivity index (χ0n) is 12.7. The van der Waals surface area contributed by atoms with E-state index in [-0.39, 0.29) is 12.0 Å². The summed E-state index contributed by atoms with van der Waals surface area (Å²) in [5, 5.41) is 3.53. The van der Waals surface area contributed by atoms with E-state index < -0.39 is 0 Å². The molecular formula is C16H28N2O2. The van der Waals surface area contributed by atoms with E-state index in [4.69, 9.17) is 4.74 Å². The number of nitrogens with one attached hydrogen (secondary N) is 1. The molecule has 3 unspecified atom stereocenters. The van der Waals surface area contributed by atoms with Gasteiger partial charge in [-0.1, -0.05) is 6.92 Å². The highest BCUT2D eigenvalue weighted by atomic mass is 16.5. The van der Waals surface area contributed by atoms with Crippen molar-refractivity contribution in [3.8, 4) is 0 Å². The Hall–Kier alpha value is -0.610. The van der Waals surface area contributed by atoms with Gasteiger partial charge in [0.25, 0.3) is 0 Å². The van der Waals surface area contributed by atoms with Gasteiger partial charge in [-0.3, -0.25) is 4.79 Å². The second-order valence-corrected chi connectivity index (χ2v) is 6.86. The molecule has 0 aliphatic carbocycles. The van der Waals surface area contributed by atoms with Gasteiger partial charge in [0.15, 0.2) is 0 Å². The lowest BCUT2D eigenvalue weighted by Crippen LogP contribution is -2.54. The SMILES string of the molecule is CCC1OCCC1C(=O)N1CCCC2(CCCNC2)C1.